The SMILES string of the molecule is CC(OC(=O)N1CCC(NS(=O)N(C)C)C(COC2CCCCC2)C1)C(F)F. The highest BCUT2D eigenvalue weighted by Crippen LogP contribution is 2.24. The molecule has 164 valence electrons. The minimum absolute atomic E-state index is 0.0889. The fourth-order valence-corrected chi connectivity index (χ4v) is 4.31. The molecule has 0 spiro atoms. The van der Waals surface area contributed by atoms with E-state index in [0.29, 0.717) is 26.1 Å². The van der Waals surface area contributed by atoms with E-state index in [1.54, 1.807) is 18.4 Å². The molecule has 10 heteroatoms. The fraction of sp³-hybridized carbons (Fsp3) is 0.944. The van der Waals surface area contributed by atoms with Gasteiger partial charge in [-0.05, 0) is 26.2 Å². The van der Waals surface area contributed by atoms with Gasteiger partial charge in [0.1, 0.15) is 0 Å². The third kappa shape index (κ3) is 7.20. The molecule has 4 atom stereocenters. The third-order valence-electron chi connectivity index (χ3n) is 5.32. The van der Waals surface area contributed by atoms with Crippen LogP contribution in [0.3, 0.4) is 0 Å². The molecule has 28 heavy (non-hydrogen) atoms. The van der Waals surface area contributed by atoms with E-state index in [2.05, 4.69) is 4.72 Å². The number of nitrogens with one attached hydrogen (secondary N) is 1. The zero-order chi connectivity index (χ0) is 20.7. The Morgan fingerprint density at radius 3 is 2.54 bits per heavy atom. The van der Waals surface area contributed by atoms with Gasteiger partial charge in [0.2, 0.25) is 0 Å². The van der Waals surface area contributed by atoms with Gasteiger partial charge in [0.15, 0.2) is 17.3 Å². The maximum Gasteiger partial charge on any atom is 0.410 e. The van der Waals surface area contributed by atoms with E-state index in [4.69, 9.17) is 9.47 Å². The summed E-state index contributed by atoms with van der Waals surface area (Å²) in [6, 6.07) is -0.0941. The zero-order valence-corrected chi connectivity index (χ0v) is 17.8. The quantitative estimate of drug-likeness (QED) is 0.649. The molecule has 1 heterocycles. The van der Waals surface area contributed by atoms with E-state index < -0.39 is 29.8 Å². The molecule has 2 rings (SSSR count). The summed E-state index contributed by atoms with van der Waals surface area (Å²) >= 11 is -1.34. The highest BCUT2D eigenvalue weighted by atomic mass is 32.2. The summed E-state index contributed by atoms with van der Waals surface area (Å²) in [6.07, 6.45) is 1.50. The van der Waals surface area contributed by atoms with Gasteiger partial charge >= 0.3 is 6.09 Å². The molecule has 2 aliphatic rings. The molecule has 0 aromatic carbocycles. The second kappa shape index (κ2) is 11.4. The lowest BCUT2D eigenvalue weighted by atomic mass is 9.93. The molecular formula is C18H33F2N3O4S. The van der Waals surface area contributed by atoms with Gasteiger partial charge in [0, 0.05) is 39.1 Å². The van der Waals surface area contributed by atoms with Gasteiger partial charge < -0.3 is 14.4 Å². The molecule has 1 saturated carbocycles. The number of likely N-dealkylation sites (tertiary alicyclic amines) is 1. The van der Waals surface area contributed by atoms with Crippen LogP contribution in [-0.4, -0.2) is 78.0 Å². The molecule has 2 fully saturated rings. The standard InChI is InChI=1S/C18H33F2N3O4S/c1-13(17(19)20)27-18(24)23-10-9-16(21-28(25)22(2)3)14(11-23)12-26-15-7-5-4-6-8-15/h13-17,21H,4-12H2,1-3H3. The average molecular weight is 426 g/mol. The molecule has 7 nitrogen and oxygen atoms in total. The second-order valence-corrected chi connectivity index (χ2v) is 9.26. The van der Waals surface area contributed by atoms with Crippen LogP contribution < -0.4 is 4.72 Å². The third-order valence-corrected chi connectivity index (χ3v) is 6.48. The summed E-state index contributed by atoms with van der Waals surface area (Å²) in [5.74, 6) is -0.0889. The van der Waals surface area contributed by atoms with Crippen LogP contribution in [0, 0.1) is 5.92 Å². The maximum atomic E-state index is 12.7. The van der Waals surface area contributed by atoms with Crippen molar-refractivity contribution in [2.24, 2.45) is 5.92 Å². The number of rotatable bonds is 8. The molecule has 4 unspecified atom stereocenters. The summed E-state index contributed by atoms with van der Waals surface area (Å²) in [7, 11) is 3.43. The monoisotopic (exact) mass is 425 g/mol. The number of amides is 1. The molecule has 1 amide bonds. The first-order valence-electron chi connectivity index (χ1n) is 9.98. The Bertz CT molecular complexity index is 521. The highest BCUT2D eigenvalue weighted by Gasteiger charge is 2.35. The van der Waals surface area contributed by atoms with Gasteiger partial charge in [-0.25, -0.2) is 26.8 Å². The number of carbonyl (C=O) groups excluding carboxylic acids is 1. The van der Waals surface area contributed by atoms with E-state index in [9.17, 15) is 17.8 Å². The predicted molar refractivity (Wildman–Crippen MR) is 103 cm³/mol. The van der Waals surface area contributed by atoms with Gasteiger partial charge in [-0.2, -0.15) is 0 Å². The number of nitrogens with zero attached hydrogens (tertiary/aromatic N) is 2. The van der Waals surface area contributed by atoms with Crippen molar-refractivity contribution in [3.05, 3.63) is 0 Å². The van der Waals surface area contributed by atoms with Crippen LogP contribution in [0.5, 0.6) is 0 Å². The maximum absolute atomic E-state index is 12.7. The van der Waals surface area contributed by atoms with Crippen molar-refractivity contribution < 1.29 is 27.3 Å². The minimum atomic E-state index is -2.71. The van der Waals surface area contributed by atoms with Crippen LogP contribution >= 0.6 is 0 Å². The van der Waals surface area contributed by atoms with Gasteiger partial charge in [-0.15, -0.1) is 0 Å². The van der Waals surface area contributed by atoms with Crippen LogP contribution in [0.2, 0.25) is 0 Å². The Morgan fingerprint density at radius 2 is 1.93 bits per heavy atom. The van der Waals surface area contributed by atoms with Crippen molar-refractivity contribution in [3.63, 3.8) is 0 Å². The number of alkyl halides is 2. The van der Waals surface area contributed by atoms with E-state index in [1.807, 2.05) is 0 Å². The molecule has 1 saturated heterocycles. The molecular weight excluding hydrogens is 392 g/mol. The Morgan fingerprint density at radius 1 is 1.25 bits per heavy atom. The Balaban J connectivity index is 1.96. The van der Waals surface area contributed by atoms with E-state index in [1.165, 1.54) is 18.2 Å². The van der Waals surface area contributed by atoms with Gasteiger partial charge in [0.25, 0.3) is 6.43 Å². The smallest absolute Gasteiger partial charge is 0.410 e. The zero-order valence-electron chi connectivity index (χ0n) is 16.9. The van der Waals surface area contributed by atoms with Crippen LogP contribution in [0.4, 0.5) is 13.6 Å². The molecule has 0 aromatic rings. The van der Waals surface area contributed by atoms with E-state index in [0.717, 1.165) is 25.7 Å². The molecule has 0 radical (unpaired) electrons. The van der Waals surface area contributed by atoms with Crippen molar-refractivity contribution in [1.29, 1.82) is 0 Å². The summed E-state index contributed by atoms with van der Waals surface area (Å²) in [5.41, 5.74) is 0. The first kappa shape index (κ1) is 23.4. The van der Waals surface area contributed by atoms with E-state index >= 15 is 0 Å². The Hall–Kier alpha value is -0.840. The van der Waals surface area contributed by atoms with Crippen molar-refractivity contribution in [1.82, 2.24) is 13.9 Å². The largest absolute Gasteiger partial charge is 0.440 e. The highest BCUT2D eigenvalue weighted by molar-refractivity contribution is 7.80. The van der Waals surface area contributed by atoms with Crippen molar-refractivity contribution in [2.45, 2.75) is 70.1 Å². The van der Waals surface area contributed by atoms with Gasteiger partial charge in [-0.1, -0.05) is 19.3 Å². The van der Waals surface area contributed by atoms with Crippen LogP contribution in [0.15, 0.2) is 0 Å². The van der Waals surface area contributed by atoms with Crippen LogP contribution in [-0.2, 0) is 20.6 Å². The fourth-order valence-electron chi connectivity index (χ4n) is 3.53. The number of halogens is 2. The first-order chi connectivity index (χ1) is 13.3. The summed E-state index contributed by atoms with van der Waals surface area (Å²) in [4.78, 5) is 13.7. The van der Waals surface area contributed by atoms with Crippen molar-refractivity contribution in [2.75, 3.05) is 33.8 Å². The molecule has 1 aliphatic heterocycles. The Labute approximate surface area is 168 Å². The van der Waals surface area contributed by atoms with Crippen LogP contribution in [0.25, 0.3) is 0 Å². The number of hydrogen-bond acceptors (Lipinski definition) is 4. The predicted octanol–water partition coefficient (Wildman–Crippen LogP) is 2.55. The van der Waals surface area contributed by atoms with E-state index in [-0.39, 0.29) is 18.1 Å². The van der Waals surface area contributed by atoms with Gasteiger partial charge in [-0.3, -0.25) is 0 Å². The summed E-state index contributed by atoms with van der Waals surface area (Å²) in [6.45, 7) is 2.29. The molecule has 0 bridgehead atoms. The topological polar surface area (TPSA) is 71.1 Å². The average Bonchev–Trinajstić information content (AvgIpc) is 2.67. The minimum Gasteiger partial charge on any atom is -0.440 e. The summed E-state index contributed by atoms with van der Waals surface area (Å²) in [5, 5.41) is 0. The normalized spacial score (nSPS) is 26.5. The second-order valence-electron chi connectivity index (χ2n) is 7.80. The van der Waals surface area contributed by atoms with Crippen LogP contribution in [0.1, 0.15) is 45.4 Å². The van der Waals surface area contributed by atoms with Crippen molar-refractivity contribution >= 4 is 17.3 Å². The Kier molecular flexibility index (Phi) is 9.52. The lowest BCUT2D eigenvalue weighted by molar-refractivity contribution is -0.0360. The molecule has 1 N–H and O–H groups in total. The van der Waals surface area contributed by atoms with Gasteiger partial charge in [0.05, 0.1) is 12.7 Å². The number of carbonyl (C=O) groups is 1. The lowest BCUT2D eigenvalue weighted by Crippen LogP contribution is -2.54. The number of piperidine rings is 1. The lowest BCUT2D eigenvalue weighted by Gasteiger charge is -2.39. The first-order valence-corrected chi connectivity index (χ1v) is 11.1. The molecule has 1 aliphatic carbocycles. The number of ether oxygens (including phenoxy) is 2. The molecule has 0 aromatic heterocycles. The number of hydrogen-bond donors (Lipinski definition) is 1. The van der Waals surface area contributed by atoms with Crippen molar-refractivity contribution in [3.8, 4) is 0 Å². The summed E-state index contributed by atoms with van der Waals surface area (Å²) < 4.78 is 53.2.